The van der Waals surface area contributed by atoms with Crippen molar-refractivity contribution in [3.63, 3.8) is 0 Å². The highest BCUT2D eigenvalue weighted by Gasteiger charge is 2.48. The number of aliphatic carboxylic acids is 1. The second-order valence-corrected chi connectivity index (χ2v) is 11.7. The molecule has 3 unspecified atom stereocenters. The van der Waals surface area contributed by atoms with E-state index in [4.69, 9.17) is 5.11 Å². The second-order valence-electron chi connectivity index (χ2n) is 10.7. The first-order chi connectivity index (χ1) is 18.0. The standard InChI is InChI=1S/C20H24N2O.C10H11FO3S/c1-3-20(2)13-22-11-9-14(20)12-18(22)19(23)16-8-10-21-17-7-5-4-6-15(16)17;1-10(14,9(12)13)6-15-8-4-2-7(11)3-5-8/h3-8,10,14,18-19,23H,1,9,11-13H2,2H3;2-5,14H,6H2,1H3,(H,12,13)/t14?,18-,19+,20-;/m0./s1. The number of rotatable bonds is 7. The van der Waals surface area contributed by atoms with Crippen molar-refractivity contribution in [1.82, 2.24) is 9.88 Å². The minimum absolute atomic E-state index is 0.0218. The summed E-state index contributed by atoms with van der Waals surface area (Å²) in [6, 6.07) is 15.9. The molecule has 0 spiro atoms. The Balaban J connectivity index is 0.000000196. The molecular formula is C30H35FN2O4S. The lowest BCUT2D eigenvalue weighted by Gasteiger charge is -2.55. The van der Waals surface area contributed by atoms with Gasteiger partial charge in [-0.15, -0.1) is 18.3 Å². The number of aliphatic hydroxyl groups excluding tert-OH is 1. The van der Waals surface area contributed by atoms with E-state index in [1.807, 2.05) is 30.5 Å². The Morgan fingerprint density at radius 3 is 2.63 bits per heavy atom. The van der Waals surface area contributed by atoms with E-state index in [1.165, 1.54) is 49.4 Å². The number of nitrogens with zero attached hydrogens (tertiary/aromatic N) is 2. The van der Waals surface area contributed by atoms with Crippen molar-refractivity contribution in [2.45, 2.75) is 49.3 Å². The van der Waals surface area contributed by atoms with E-state index in [0.29, 0.717) is 5.92 Å². The SMILES string of the molecule is C=C[C@@]1(C)CN2CCC1C[C@H]2[C@H](O)c1ccnc2ccccc12.CC(O)(CSc1ccc(F)cc1)C(=O)O. The molecule has 8 heteroatoms. The van der Waals surface area contributed by atoms with E-state index in [1.54, 1.807) is 0 Å². The fraction of sp³-hybridized carbons (Fsp3) is 0.400. The number of carboxylic acid groups (broad SMARTS) is 1. The van der Waals surface area contributed by atoms with Crippen LogP contribution in [0, 0.1) is 17.2 Å². The molecule has 2 bridgehead atoms. The summed E-state index contributed by atoms with van der Waals surface area (Å²) < 4.78 is 12.5. The molecule has 3 aliphatic rings. The lowest BCUT2D eigenvalue weighted by molar-refractivity contribution is -0.154. The smallest absolute Gasteiger partial charge is 0.336 e. The maximum Gasteiger partial charge on any atom is 0.336 e. The fourth-order valence-electron chi connectivity index (χ4n) is 5.37. The molecule has 4 heterocycles. The lowest BCUT2D eigenvalue weighted by Crippen LogP contribution is -2.58. The maximum absolute atomic E-state index is 12.5. The molecule has 6 rings (SSSR count). The van der Waals surface area contributed by atoms with Crippen LogP contribution in [-0.4, -0.2) is 61.7 Å². The van der Waals surface area contributed by atoms with E-state index >= 15 is 0 Å². The van der Waals surface area contributed by atoms with Crippen LogP contribution in [0.15, 0.2) is 78.3 Å². The van der Waals surface area contributed by atoms with Gasteiger partial charge < -0.3 is 15.3 Å². The van der Waals surface area contributed by atoms with Gasteiger partial charge in [0.2, 0.25) is 0 Å². The van der Waals surface area contributed by atoms with Crippen molar-refractivity contribution in [3.8, 4) is 0 Å². The van der Waals surface area contributed by atoms with Crippen molar-refractivity contribution >= 4 is 28.6 Å². The summed E-state index contributed by atoms with van der Waals surface area (Å²) in [5.41, 5.74) is 0.387. The Morgan fingerprint density at radius 1 is 1.29 bits per heavy atom. The zero-order valence-electron chi connectivity index (χ0n) is 21.8. The molecule has 0 amide bonds. The molecule has 3 saturated heterocycles. The number of thioether (sulfide) groups is 1. The Kier molecular flexibility index (Phi) is 8.57. The number of halogens is 1. The number of carbonyl (C=O) groups is 1. The number of carboxylic acids is 1. The van der Waals surface area contributed by atoms with Crippen LogP contribution in [0.3, 0.4) is 0 Å². The first-order valence-electron chi connectivity index (χ1n) is 12.8. The third-order valence-corrected chi connectivity index (χ3v) is 9.17. The zero-order chi connectivity index (χ0) is 27.5. The third-order valence-electron chi connectivity index (χ3n) is 7.86. The third kappa shape index (κ3) is 6.10. The highest BCUT2D eigenvalue weighted by molar-refractivity contribution is 7.99. The van der Waals surface area contributed by atoms with Gasteiger partial charge in [0.15, 0.2) is 5.60 Å². The summed E-state index contributed by atoms with van der Waals surface area (Å²) in [4.78, 5) is 18.2. The molecule has 3 N–H and O–H groups in total. The molecule has 3 aromatic rings. The maximum atomic E-state index is 12.5. The van der Waals surface area contributed by atoms with Gasteiger partial charge in [-0.1, -0.05) is 31.2 Å². The summed E-state index contributed by atoms with van der Waals surface area (Å²) in [7, 11) is 0. The number of para-hydroxylation sites is 1. The van der Waals surface area contributed by atoms with E-state index in [-0.39, 0.29) is 23.0 Å². The Bertz CT molecular complexity index is 1280. The Morgan fingerprint density at radius 2 is 2.00 bits per heavy atom. The van der Waals surface area contributed by atoms with Crippen LogP contribution < -0.4 is 0 Å². The monoisotopic (exact) mass is 538 g/mol. The van der Waals surface area contributed by atoms with Gasteiger partial charge >= 0.3 is 5.97 Å². The Hall–Kier alpha value is -2.78. The number of hydrogen-bond donors (Lipinski definition) is 3. The first-order valence-corrected chi connectivity index (χ1v) is 13.8. The summed E-state index contributed by atoms with van der Waals surface area (Å²) in [6.45, 7) is 9.67. The van der Waals surface area contributed by atoms with Crippen molar-refractivity contribution in [2.24, 2.45) is 11.3 Å². The molecule has 6 nitrogen and oxygen atoms in total. The zero-order valence-corrected chi connectivity index (χ0v) is 22.6. The van der Waals surface area contributed by atoms with Crippen molar-refractivity contribution in [2.75, 3.05) is 18.8 Å². The number of hydrogen-bond acceptors (Lipinski definition) is 6. The van der Waals surface area contributed by atoms with E-state index < -0.39 is 17.7 Å². The minimum atomic E-state index is -1.76. The molecular weight excluding hydrogens is 503 g/mol. The van der Waals surface area contributed by atoms with E-state index in [2.05, 4.69) is 35.5 Å². The molecule has 0 saturated carbocycles. The quantitative estimate of drug-likeness (QED) is 0.277. The average Bonchev–Trinajstić information content (AvgIpc) is 2.92. The van der Waals surface area contributed by atoms with Gasteiger partial charge in [-0.3, -0.25) is 9.88 Å². The van der Waals surface area contributed by atoms with Gasteiger partial charge in [-0.25, -0.2) is 9.18 Å². The second kappa shape index (κ2) is 11.5. The molecule has 1 aromatic heterocycles. The van der Waals surface area contributed by atoms with Crippen LogP contribution in [0.1, 0.15) is 38.4 Å². The van der Waals surface area contributed by atoms with E-state index in [9.17, 15) is 19.4 Å². The van der Waals surface area contributed by atoms with Crippen molar-refractivity contribution in [1.29, 1.82) is 0 Å². The molecule has 3 fully saturated rings. The van der Waals surface area contributed by atoms with Crippen molar-refractivity contribution < 1.29 is 24.5 Å². The van der Waals surface area contributed by atoms with Crippen molar-refractivity contribution in [3.05, 3.63) is 84.8 Å². The Labute approximate surface area is 227 Å². The number of pyridine rings is 1. The average molecular weight is 539 g/mol. The van der Waals surface area contributed by atoms with Crippen LogP contribution in [-0.2, 0) is 4.79 Å². The number of piperidine rings is 3. The van der Waals surface area contributed by atoms with Gasteiger partial charge in [-0.05, 0) is 74.2 Å². The number of fused-ring (bicyclic) bond motifs is 4. The first kappa shape index (κ1) is 28.2. The van der Waals surface area contributed by atoms with Gasteiger partial charge in [0.1, 0.15) is 5.82 Å². The topological polar surface area (TPSA) is 93.9 Å². The molecule has 38 heavy (non-hydrogen) atoms. The molecule has 202 valence electrons. The van der Waals surface area contributed by atoms with E-state index in [0.717, 1.165) is 40.9 Å². The number of aromatic nitrogens is 1. The fourth-order valence-corrected chi connectivity index (χ4v) is 6.27. The van der Waals surface area contributed by atoms with Crippen LogP contribution >= 0.6 is 11.8 Å². The minimum Gasteiger partial charge on any atom is -0.479 e. The molecule has 0 aliphatic carbocycles. The predicted molar refractivity (Wildman–Crippen MR) is 148 cm³/mol. The van der Waals surface area contributed by atoms with Gasteiger partial charge in [0.05, 0.1) is 11.6 Å². The molecule has 3 aliphatic heterocycles. The highest BCUT2D eigenvalue weighted by atomic mass is 32.2. The number of aliphatic hydroxyl groups is 2. The largest absolute Gasteiger partial charge is 0.479 e. The highest BCUT2D eigenvalue weighted by Crippen LogP contribution is 2.48. The van der Waals surface area contributed by atoms with Gasteiger partial charge in [-0.2, -0.15) is 0 Å². The predicted octanol–water partition coefficient (Wildman–Crippen LogP) is 5.31. The van der Waals surface area contributed by atoms with Crippen LogP contribution in [0.2, 0.25) is 0 Å². The van der Waals surface area contributed by atoms with Crippen LogP contribution in [0.4, 0.5) is 4.39 Å². The summed E-state index contributed by atoms with van der Waals surface area (Å²) in [5, 5.41) is 30.2. The number of benzene rings is 2. The molecule has 6 atom stereocenters. The lowest BCUT2D eigenvalue weighted by atomic mass is 9.65. The summed E-state index contributed by atoms with van der Waals surface area (Å²) in [5.74, 6) is -0.965. The van der Waals surface area contributed by atoms with Crippen LogP contribution in [0.25, 0.3) is 10.9 Å². The normalized spacial score (nSPS) is 26.6. The molecule has 2 aromatic carbocycles. The van der Waals surface area contributed by atoms with Crippen LogP contribution in [0.5, 0.6) is 0 Å². The summed E-state index contributed by atoms with van der Waals surface area (Å²) >= 11 is 1.17. The molecule has 0 radical (unpaired) electrons. The summed E-state index contributed by atoms with van der Waals surface area (Å²) in [6.07, 6.45) is 5.72. The van der Waals surface area contributed by atoms with Gasteiger partial charge in [0.25, 0.3) is 0 Å². The van der Waals surface area contributed by atoms with Gasteiger partial charge in [0, 0.05) is 40.2 Å².